The Kier molecular flexibility index (Phi) is 5.45. The number of nitrogens with one attached hydrogen (secondary N) is 1. The van der Waals surface area contributed by atoms with Crippen LogP contribution in [0.5, 0.6) is 11.5 Å². The first kappa shape index (κ1) is 17.8. The van der Waals surface area contributed by atoms with Gasteiger partial charge in [-0.15, -0.1) is 24.5 Å². The number of carbonyl (C=O) groups is 2. The Morgan fingerprint density at radius 1 is 1.29 bits per heavy atom. The summed E-state index contributed by atoms with van der Waals surface area (Å²) in [6.45, 7) is -0.178. The summed E-state index contributed by atoms with van der Waals surface area (Å²) in [5.41, 5.74) is 0.133. The molecule has 1 aromatic carbocycles. The van der Waals surface area contributed by atoms with E-state index in [4.69, 9.17) is 4.74 Å². The molecule has 0 unspecified atom stereocenters. The lowest BCUT2D eigenvalue weighted by Gasteiger charge is -2.14. The van der Waals surface area contributed by atoms with Gasteiger partial charge in [0.25, 0.3) is 5.91 Å². The summed E-state index contributed by atoms with van der Waals surface area (Å²) >= 11 is 0.985. The summed E-state index contributed by atoms with van der Waals surface area (Å²) in [5.74, 6) is -0.762. The predicted molar refractivity (Wildman–Crippen MR) is 80.6 cm³/mol. The number of hydrogen-bond acceptors (Lipinski definition) is 5. The molecule has 2 rings (SSSR count). The molecular weight excluding hydrogens is 347 g/mol. The Morgan fingerprint density at radius 3 is 2.62 bits per heavy atom. The third-order valence-electron chi connectivity index (χ3n) is 2.91. The maximum atomic E-state index is 12.5. The van der Waals surface area contributed by atoms with E-state index in [-0.39, 0.29) is 22.7 Å². The van der Waals surface area contributed by atoms with Crippen molar-refractivity contribution in [2.24, 2.45) is 0 Å². The number of thiophene rings is 1. The minimum atomic E-state index is -4.86. The van der Waals surface area contributed by atoms with Crippen molar-refractivity contribution in [3.63, 3.8) is 0 Å². The van der Waals surface area contributed by atoms with Crippen LogP contribution in [0.1, 0.15) is 24.9 Å². The lowest BCUT2D eigenvalue weighted by atomic mass is 10.2. The van der Waals surface area contributed by atoms with E-state index < -0.39 is 18.0 Å². The molecule has 1 aromatic heterocycles. The van der Waals surface area contributed by atoms with E-state index in [0.717, 1.165) is 17.4 Å². The van der Waals surface area contributed by atoms with E-state index in [1.807, 2.05) is 0 Å². The van der Waals surface area contributed by atoms with Crippen LogP contribution in [-0.4, -0.2) is 25.7 Å². The van der Waals surface area contributed by atoms with Crippen LogP contribution in [0.3, 0.4) is 0 Å². The van der Waals surface area contributed by atoms with E-state index in [1.165, 1.54) is 31.4 Å². The lowest BCUT2D eigenvalue weighted by molar-refractivity contribution is -0.274. The predicted octanol–water partition coefficient (Wildman–Crippen LogP) is 3.40. The van der Waals surface area contributed by atoms with Crippen molar-refractivity contribution in [2.75, 3.05) is 7.11 Å². The Hall–Kier alpha value is -2.55. The van der Waals surface area contributed by atoms with Crippen LogP contribution in [0.25, 0.3) is 0 Å². The third kappa shape index (κ3) is 4.72. The highest BCUT2D eigenvalue weighted by atomic mass is 32.1. The molecule has 1 amide bonds. The maximum Gasteiger partial charge on any atom is 0.573 e. The fourth-order valence-electron chi connectivity index (χ4n) is 1.83. The van der Waals surface area contributed by atoms with Gasteiger partial charge in [0.05, 0.1) is 16.9 Å². The van der Waals surface area contributed by atoms with Gasteiger partial charge in [0.2, 0.25) is 0 Å². The molecule has 0 saturated heterocycles. The molecule has 128 valence electrons. The van der Waals surface area contributed by atoms with Gasteiger partial charge >= 0.3 is 6.36 Å². The van der Waals surface area contributed by atoms with Crippen molar-refractivity contribution in [3.8, 4) is 11.5 Å². The SMILES string of the molecule is COc1ccc(CNC(=O)c2ccc(C=O)s2)c(OC(F)(F)F)c1. The van der Waals surface area contributed by atoms with Crippen molar-refractivity contribution in [1.29, 1.82) is 0 Å². The van der Waals surface area contributed by atoms with Gasteiger partial charge < -0.3 is 14.8 Å². The molecule has 0 radical (unpaired) electrons. The standard InChI is InChI=1S/C15H12F3NO4S/c1-22-10-3-2-9(12(6-10)23-15(16,17)18)7-19-14(21)13-5-4-11(8-20)24-13/h2-6,8H,7H2,1H3,(H,19,21). The number of aldehydes is 1. The summed E-state index contributed by atoms with van der Waals surface area (Å²) in [7, 11) is 1.32. The van der Waals surface area contributed by atoms with Crippen molar-refractivity contribution >= 4 is 23.5 Å². The van der Waals surface area contributed by atoms with Crippen LogP contribution < -0.4 is 14.8 Å². The second-order valence-electron chi connectivity index (χ2n) is 4.52. The van der Waals surface area contributed by atoms with E-state index in [1.54, 1.807) is 0 Å². The van der Waals surface area contributed by atoms with Crippen LogP contribution in [0.2, 0.25) is 0 Å². The second-order valence-corrected chi connectivity index (χ2v) is 5.64. The van der Waals surface area contributed by atoms with Crippen molar-refractivity contribution in [3.05, 3.63) is 45.6 Å². The van der Waals surface area contributed by atoms with Crippen molar-refractivity contribution < 1.29 is 32.2 Å². The summed E-state index contributed by atoms with van der Waals surface area (Å²) in [6.07, 6.45) is -4.25. The Balaban J connectivity index is 2.13. The second kappa shape index (κ2) is 7.35. The number of ether oxygens (including phenoxy) is 2. The van der Waals surface area contributed by atoms with Crippen LogP contribution in [0.15, 0.2) is 30.3 Å². The molecule has 0 bridgehead atoms. The number of benzene rings is 1. The van der Waals surface area contributed by atoms with Gasteiger partial charge in [-0.1, -0.05) is 0 Å². The van der Waals surface area contributed by atoms with Crippen LogP contribution >= 0.6 is 11.3 Å². The van der Waals surface area contributed by atoms with Crippen LogP contribution in [0.4, 0.5) is 13.2 Å². The molecular formula is C15H12F3NO4S. The smallest absolute Gasteiger partial charge is 0.497 e. The molecule has 9 heteroatoms. The summed E-state index contributed by atoms with van der Waals surface area (Å²) < 4.78 is 46.3. The first-order chi connectivity index (χ1) is 11.3. The van der Waals surface area contributed by atoms with Gasteiger partial charge in [-0.2, -0.15) is 0 Å². The van der Waals surface area contributed by atoms with Gasteiger partial charge in [-0.05, 0) is 24.3 Å². The molecule has 1 N–H and O–H groups in total. The minimum absolute atomic E-state index is 0.133. The number of halogens is 3. The number of amides is 1. The van der Waals surface area contributed by atoms with Gasteiger partial charge in [0, 0.05) is 18.2 Å². The number of hydrogen-bond donors (Lipinski definition) is 1. The average Bonchev–Trinajstić information content (AvgIpc) is 3.01. The Morgan fingerprint density at radius 2 is 2.04 bits per heavy atom. The number of carbonyl (C=O) groups excluding carboxylic acids is 2. The van der Waals surface area contributed by atoms with Crippen molar-refractivity contribution in [1.82, 2.24) is 5.32 Å². The maximum absolute atomic E-state index is 12.5. The molecule has 0 aliphatic heterocycles. The summed E-state index contributed by atoms with van der Waals surface area (Å²) in [4.78, 5) is 23.2. The number of alkyl halides is 3. The van der Waals surface area contributed by atoms with Crippen molar-refractivity contribution in [2.45, 2.75) is 12.9 Å². The molecule has 0 saturated carbocycles. The fraction of sp³-hybridized carbons (Fsp3) is 0.200. The molecule has 0 atom stereocenters. The monoisotopic (exact) mass is 359 g/mol. The van der Waals surface area contributed by atoms with Crippen LogP contribution in [-0.2, 0) is 6.54 Å². The zero-order chi connectivity index (χ0) is 17.7. The molecule has 0 spiro atoms. The highest BCUT2D eigenvalue weighted by Gasteiger charge is 2.32. The Bertz CT molecular complexity index is 743. The molecule has 5 nitrogen and oxygen atoms in total. The number of methoxy groups -OCH3 is 1. The molecule has 0 aliphatic rings. The highest BCUT2D eigenvalue weighted by Crippen LogP contribution is 2.30. The van der Waals surface area contributed by atoms with E-state index in [2.05, 4.69) is 10.1 Å². The highest BCUT2D eigenvalue weighted by molar-refractivity contribution is 7.15. The van der Waals surface area contributed by atoms with Gasteiger partial charge in [-0.3, -0.25) is 9.59 Å². The minimum Gasteiger partial charge on any atom is -0.497 e. The summed E-state index contributed by atoms with van der Waals surface area (Å²) in [5, 5.41) is 2.48. The molecule has 1 heterocycles. The Labute approximate surface area is 139 Å². The normalized spacial score (nSPS) is 11.0. The van der Waals surface area contributed by atoms with Crippen LogP contribution in [0, 0.1) is 0 Å². The first-order valence-corrected chi connectivity index (χ1v) is 7.40. The fourth-order valence-corrected chi connectivity index (χ4v) is 2.57. The first-order valence-electron chi connectivity index (χ1n) is 6.58. The number of rotatable bonds is 6. The molecule has 0 fully saturated rings. The van der Waals surface area contributed by atoms with E-state index >= 15 is 0 Å². The van der Waals surface area contributed by atoms with E-state index in [9.17, 15) is 22.8 Å². The zero-order valence-corrected chi connectivity index (χ0v) is 13.2. The molecule has 2 aromatic rings. The van der Waals surface area contributed by atoms with Gasteiger partial charge in [0.1, 0.15) is 11.5 Å². The van der Waals surface area contributed by atoms with E-state index in [0.29, 0.717) is 11.2 Å². The van der Waals surface area contributed by atoms with Gasteiger partial charge in [-0.25, -0.2) is 0 Å². The zero-order valence-electron chi connectivity index (χ0n) is 12.3. The topological polar surface area (TPSA) is 64.6 Å². The molecule has 24 heavy (non-hydrogen) atoms. The third-order valence-corrected chi connectivity index (χ3v) is 3.92. The lowest BCUT2D eigenvalue weighted by Crippen LogP contribution is -2.23. The quantitative estimate of drug-likeness (QED) is 0.803. The molecule has 0 aliphatic carbocycles. The van der Waals surface area contributed by atoms with Gasteiger partial charge in [0.15, 0.2) is 6.29 Å². The average molecular weight is 359 g/mol. The summed E-state index contributed by atoms with van der Waals surface area (Å²) in [6, 6.07) is 6.86. The largest absolute Gasteiger partial charge is 0.573 e.